The van der Waals surface area contributed by atoms with Gasteiger partial charge in [-0.2, -0.15) is 0 Å². The maximum atomic E-state index is 13.9. The van der Waals surface area contributed by atoms with Crippen LogP contribution in [0.25, 0.3) is 0 Å². The Labute approximate surface area is 272 Å². The van der Waals surface area contributed by atoms with Gasteiger partial charge >= 0.3 is 17.9 Å². The Morgan fingerprint density at radius 1 is 0.867 bits per heavy atom. The minimum atomic E-state index is -1.14. The molecule has 0 aliphatic heterocycles. The van der Waals surface area contributed by atoms with Gasteiger partial charge in [0.1, 0.15) is 6.10 Å². The van der Waals surface area contributed by atoms with E-state index in [0.29, 0.717) is 36.2 Å². The fourth-order valence-electron chi connectivity index (χ4n) is 12.7. The van der Waals surface area contributed by atoms with Gasteiger partial charge in [0.15, 0.2) is 0 Å². The van der Waals surface area contributed by atoms with Gasteiger partial charge in [0.25, 0.3) is 0 Å². The predicted octanol–water partition coefficient (Wildman–Crippen LogP) is 9.01. The quantitative estimate of drug-likeness (QED) is 0.214. The molecule has 0 radical (unpaired) electrons. The zero-order valence-electron chi connectivity index (χ0n) is 29.9. The van der Waals surface area contributed by atoms with E-state index < -0.39 is 17.4 Å². The van der Waals surface area contributed by atoms with Crippen LogP contribution in [0.15, 0.2) is 12.2 Å². The van der Waals surface area contributed by atoms with Crippen LogP contribution in [0.5, 0.6) is 0 Å². The number of carboxylic acids is 1. The molecule has 0 unspecified atom stereocenters. The normalized spacial score (nSPS) is 43.6. The van der Waals surface area contributed by atoms with Crippen LogP contribution in [-0.2, 0) is 23.9 Å². The first kappa shape index (κ1) is 34.5. The Balaban J connectivity index is 1.42. The van der Waals surface area contributed by atoms with E-state index in [1.807, 2.05) is 0 Å². The molecule has 5 fully saturated rings. The molecule has 6 nitrogen and oxygen atoms in total. The second-order valence-corrected chi connectivity index (χ2v) is 18.2. The van der Waals surface area contributed by atoms with Gasteiger partial charge < -0.3 is 14.6 Å². The third-order valence-corrected chi connectivity index (χ3v) is 15.3. The molecule has 6 heteroatoms. The van der Waals surface area contributed by atoms with Crippen LogP contribution in [0.4, 0.5) is 0 Å². The number of carbonyl (C=O) groups is 3. The van der Waals surface area contributed by atoms with Crippen molar-refractivity contribution in [2.75, 3.05) is 6.61 Å². The summed E-state index contributed by atoms with van der Waals surface area (Å²) in [5, 5.41) is 9.56. The van der Waals surface area contributed by atoms with Gasteiger partial charge in [-0.05, 0) is 137 Å². The maximum Gasteiger partial charge on any atom is 0.312 e. The first-order valence-electron chi connectivity index (χ1n) is 18.1. The van der Waals surface area contributed by atoms with Gasteiger partial charge in [-0.15, -0.1) is 0 Å². The van der Waals surface area contributed by atoms with Crippen molar-refractivity contribution in [3.63, 3.8) is 0 Å². The van der Waals surface area contributed by atoms with Crippen molar-refractivity contribution in [3.05, 3.63) is 12.2 Å². The topological polar surface area (TPSA) is 89.9 Å². The van der Waals surface area contributed by atoms with E-state index in [0.717, 1.165) is 64.2 Å². The second-order valence-electron chi connectivity index (χ2n) is 18.2. The molecule has 5 rings (SSSR count). The lowest BCUT2D eigenvalue weighted by atomic mass is 9.32. The molecule has 0 heterocycles. The lowest BCUT2D eigenvalue weighted by Crippen LogP contribution is -2.67. The van der Waals surface area contributed by atoms with E-state index in [2.05, 4.69) is 55.0 Å². The molecule has 5 aliphatic rings. The van der Waals surface area contributed by atoms with Gasteiger partial charge in [-0.1, -0.05) is 53.7 Å². The summed E-state index contributed by atoms with van der Waals surface area (Å²) in [6.07, 6.45) is 10.9. The van der Waals surface area contributed by atoms with Crippen LogP contribution >= 0.6 is 0 Å². The molecule has 0 aromatic carbocycles. The molecule has 45 heavy (non-hydrogen) atoms. The molecule has 10 atom stereocenters. The highest BCUT2D eigenvalue weighted by Gasteiger charge is 2.72. The van der Waals surface area contributed by atoms with Gasteiger partial charge in [-0.3, -0.25) is 14.4 Å². The van der Waals surface area contributed by atoms with E-state index in [1.54, 1.807) is 13.8 Å². The van der Waals surface area contributed by atoms with E-state index in [-0.39, 0.29) is 45.6 Å². The summed E-state index contributed by atoms with van der Waals surface area (Å²) in [4.78, 5) is 38.6. The lowest BCUT2D eigenvalue weighted by Gasteiger charge is -2.72. The Kier molecular flexibility index (Phi) is 8.73. The molecule has 0 spiro atoms. The number of fused-ring (bicyclic) bond motifs is 7. The van der Waals surface area contributed by atoms with E-state index in [9.17, 15) is 19.5 Å². The molecule has 0 aromatic heterocycles. The molecule has 0 amide bonds. The number of rotatable bonds is 8. The Bertz CT molecular complexity index is 1220. The SMILES string of the molecule is C=C(C)[C@@H]1CC[C@]2(C(=O)OCCC)CC[C@]3(C)[C@H](CC[C@@H]4[C@@]5(C)CC[C@H](OC(=O)CC(C)(C)C(=O)O)C(C)(C)[C@@H]5CC[C@]43C)[C@@H]12. The van der Waals surface area contributed by atoms with Crippen molar-refractivity contribution in [1.29, 1.82) is 0 Å². The van der Waals surface area contributed by atoms with Gasteiger partial charge in [0.05, 0.1) is 23.9 Å². The molecule has 1 N–H and O–H groups in total. The van der Waals surface area contributed by atoms with E-state index in [4.69, 9.17) is 9.47 Å². The maximum absolute atomic E-state index is 13.9. The van der Waals surface area contributed by atoms with E-state index in [1.165, 1.54) is 12.0 Å². The summed E-state index contributed by atoms with van der Waals surface area (Å²) in [6, 6.07) is 0. The smallest absolute Gasteiger partial charge is 0.312 e. The molecular formula is C39H62O6. The minimum absolute atomic E-state index is 0.0597. The Morgan fingerprint density at radius 3 is 2.18 bits per heavy atom. The number of aliphatic carboxylic acids is 1. The summed E-state index contributed by atoms with van der Waals surface area (Å²) in [5.41, 5.74) is -0.0454. The molecule has 0 saturated heterocycles. The fourth-order valence-corrected chi connectivity index (χ4v) is 12.7. The Morgan fingerprint density at radius 2 is 1.56 bits per heavy atom. The van der Waals surface area contributed by atoms with Crippen molar-refractivity contribution in [2.24, 2.45) is 62.1 Å². The summed E-state index contributed by atoms with van der Waals surface area (Å²) in [5.74, 6) is 0.840. The van der Waals surface area contributed by atoms with Gasteiger partial charge in [-0.25, -0.2) is 0 Å². The van der Waals surface area contributed by atoms with Crippen molar-refractivity contribution in [1.82, 2.24) is 0 Å². The standard InChI is InChI=1S/C39H62O6/c1-11-22-44-33(43)39-19-14-25(24(2)3)31(39)26-12-13-28-36(8)17-16-29(45-30(40)23-34(4,5)32(41)42)35(6,7)27(36)15-18-38(28,10)37(26,9)20-21-39/h25-29,31H,2,11-23H2,1,3-10H3,(H,41,42)/t25-,26+,27-,28+,29-,31+,36-,37+,38+,39-/m0/s1. The van der Waals surface area contributed by atoms with Crippen molar-refractivity contribution in [2.45, 2.75) is 145 Å². The highest BCUT2D eigenvalue weighted by atomic mass is 16.5. The number of ether oxygens (including phenoxy) is 2. The van der Waals surface area contributed by atoms with Crippen LogP contribution in [-0.4, -0.2) is 35.7 Å². The van der Waals surface area contributed by atoms with Gasteiger partial charge in [0, 0.05) is 5.41 Å². The van der Waals surface area contributed by atoms with Gasteiger partial charge in [0.2, 0.25) is 0 Å². The molecule has 5 aliphatic carbocycles. The van der Waals surface area contributed by atoms with E-state index >= 15 is 0 Å². The molecule has 0 bridgehead atoms. The van der Waals surface area contributed by atoms with Crippen LogP contribution in [0.1, 0.15) is 139 Å². The van der Waals surface area contributed by atoms with Crippen molar-refractivity contribution in [3.8, 4) is 0 Å². The fraction of sp³-hybridized carbons (Fsp3) is 0.872. The summed E-state index contributed by atoms with van der Waals surface area (Å²) >= 11 is 0. The number of allylic oxidation sites excluding steroid dienone is 1. The molecule has 254 valence electrons. The molecule has 0 aromatic rings. The zero-order valence-corrected chi connectivity index (χ0v) is 29.9. The first-order valence-corrected chi connectivity index (χ1v) is 18.1. The lowest BCUT2D eigenvalue weighted by molar-refractivity contribution is -0.251. The van der Waals surface area contributed by atoms with Crippen LogP contribution in [0.3, 0.4) is 0 Å². The molecule has 5 saturated carbocycles. The largest absolute Gasteiger partial charge is 0.481 e. The number of esters is 2. The zero-order chi connectivity index (χ0) is 33.4. The number of hydrogen-bond donors (Lipinski definition) is 1. The summed E-state index contributed by atoms with van der Waals surface area (Å²) < 4.78 is 12.1. The number of carbonyl (C=O) groups excluding carboxylic acids is 2. The van der Waals surface area contributed by atoms with Crippen molar-refractivity contribution < 1.29 is 29.0 Å². The van der Waals surface area contributed by atoms with Crippen molar-refractivity contribution >= 4 is 17.9 Å². The van der Waals surface area contributed by atoms with Crippen LogP contribution < -0.4 is 0 Å². The highest BCUT2D eigenvalue weighted by Crippen LogP contribution is 2.77. The number of hydrogen-bond acceptors (Lipinski definition) is 5. The first-order chi connectivity index (χ1) is 20.8. The number of carboxylic acid groups (broad SMARTS) is 1. The third kappa shape index (κ3) is 5.04. The summed E-state index contributed by atoms with van der Waals surface area (Å²) in [6.45, 7) is 24.7. The third-order valence-electron chi connectivity index (χ3n) is 15.3. The minimum Gasteiger partial charge on any atom is -0.481 e. The monoisotopic (exact) mass is 626 g/mol. The average molecular weight is 627 g/mol. The van der Waals surface area contributed by atoms with Crippen LogP contribution in [0, 0.1) is 62.1 Å². The average Bonchev–Trinajstić information content (AvgIpc) is 3.34. The second kappa shape index (κ2) is 11.4. The Hall–Kier alpha value is -1.85. The summed E-state index contributed by atoms with van der Waals surface area (Å²) in [7, 11) is 0. The molecular weight excluding hydrogens is 564 g/mol. The van der Waals surface area contributed by atoms with Crippen LogP contribution in [0.2, 0.25) is 0 Å². The predicted molar refractivity (Wildman–Crippen MR) is 176 cm³/mol. The highest BCUT2D eigenvalue weighted by molar-refractivity contribution is 5.81.